The molecule has 0 unspecified atom stereocenters. The molecule has 0 radical (unpaired) electrons. The maximum atomic E-state index is 13.9. The molecule has 0 spiro atoms. The number of unbranched alkanes of at least 4 members (excludes halogenated alkanes) is 1. The number of sulfonamides is 1. The summed E-state index contributed by atoms with van der Waals surface area (Å²) in [5, 5.41) is 2.56. The summed E-state index contributed by atoms with van der Waals surface area (Å²) in [4.78, 5) is 23.4. The van der Waals surface area contributed by atoms with Gasteiger partial charge in [0, 0.05) is 19.6 Å². The van der Waals surface area contributed by atoms with Gasteiger partial charge in [0.15, 0.2) is 6.61 Å². The molecule has 26 heavy (non-hydrogen) atoms. The number of amides is 1. The van der Waals surface area contributed by atoms with Crippen LogP contribution in [0.25, 0.3) is 0 Å². The number of hydrogen-bond donors (Lipinski definition) is 1. The van der Waals surface area contributed by atoms with Gasteiger partial charge in [-0.25, -0.2) is 17.6 Å². The smallest absolute Gasteiger partial charge is 0.341 e. The van der Waals surface area contributed by atoms with E-state index in [4.69, 9.17) is 4.74 Å². The normalized spacial score (nSPS) is 11.4. The second-order valence-corrected chi connectivity index (χ2v) is 7.45. The highest BCUT2D eigenvalue weighted by atomic mass is 32.2. The zero-order valence-electron chi connectivity index (χ0n) is 15.2. The summed E-state index contributed by atoms with van der Waals surface area (Å²) in [6.45, 7) is 5.71. The van der Waals surface area contributed by atoms with Crippen molar-refractivity contribution in [2.75, 3.05) is 26.2 Å². The number of benzene rings is 1. The summed E-state index contributed by atoms with van der Waals surface area (Å²) in [6, 6.07) is 2.92. The SMILES string of the molecule is CCCCNC(=O)COC(=O)c1cc(S(=O)(=O)N(CC)CC)ccc1F. The van der Waals surface area contributed by atoms with Crippen molar-refractivity contribution in [1.82, 2.24) is 9.62 Å². The van der Waals surface area contributed by atoms with Crippen LogP contribution in [-0.4, -0.2) is 50.8 Å². The van der Waals surface area contributed by atoms with E-state index in [1.165, 1.54) is 4.31 Å². The van der Waals surface area contributed by atoms with Gasteiger partial charge in [0.1, 0.15) is 5.82 Å². The zero-order valence-corrected chi connectivity index (χ0v) is 16.1. The Labute approximate surface area is 153 Å². The van der Waals surface area contributed by atoms with Gasteiger partial charge in [-0.2, -0.15) is 4.31 Å². The van der Waals surface area contributed by atoms with Crippen LogP contribution in [0, 0.1) is 5.82 Å². The molecule has 0 aromatic heterocycles. The van der Waals surface area contributed by atoms with E-state index in [0.717, 1.165) is 31.0 Å². The fourth-order valence-corrected chi connectivity index (χ4v) is 3.68. The van der Waals surface area contributed by atoms with Crippen molar-refractivity contribution in [3.8, 4) is 0 Å². The van der Waals surface area contributed by atoms with Crippen LogP contribution in [0.4, 0.5) is 4.39 Å². The van der Waals surface area contributed by atoms with Gasteiger partial charge in [-0.15, -0.1) is 0 Å². The lowest BCUT2D eigenvalue weighted by Gasteiger charge is -2.18. The molecule has 0 bridgehead atoms. The number of halogens is 1. The second-order valence-electron chi connectivity index (χ2n) is 5.51. The molecule has 0 aliphatic heterocycles. The highest BCUT2D eigenvalue weighted by Gasteiger charge is 2.25. The molecule has 1 N–H and O–H groups in total. The maximum absolute atomic E-state index is 13.9. The predicted octanol–water partition coefficient (Wildman–Crippen LogP) is 1.93. The predicted molar refractivity (Wildman–Crippen MR) is 94.7 cm³/mol. The van der Waals surface area contributed by atoms with Crippen LogP contribution in [0.5, 0.6) is 0 Å². The zero-order chi connectivity index (χ0) is 19.7. The molecular weight excluding hydrogens is 363 g/mol. The van der Waals surface area contributed by atoms with Crippen molar-refractivity contribution < 1.29 is 27.1 Å². The monoisotopic (exact) mass is 388 g/mol. The minimum Gasteiger partial charge on any atom is -0.452 e. The first kappa shape index (κ1) is 22.0. The van der Waals surface area contributed by atoms with Crippen LogP contribution in [0.15, 0.2) is 23.1 Å². The van der Waals surface area contributed by atoms with Crippen molar-refractivity contribution in [2.24, 2.45) is 0 Å². The van der Waals surface area contributed by atoms with Crippen LogP contribution < -0.4 is 5.32 Å². The summed E-state index contributed by atoms with van der Waals surface area (Å²) < 4.78 is 44.9. The molecule has 146 valence electrons. The second kappa shape index (κ2) is 10.2. The molecule has 0 fully saturated rings. The van der Waals surface area contributed by atoms with Gasteiger partial charge in [-0.05, 0) is 24.6 Å². The molecule has 1 amide bonds. The average Bonchev–Trinajstić information content (AvgIpc) is 2.61. The van der Waals surface area contributed by atoms with Crippen molar-refractivity contribution in [1.29, 1.82) is 0 Å². The Bertz CT molecular complexity index is 733. The Morgan fingerprint density at radius 2 is 1.85 bits per heavy atom. The topological polar surface area (TPSA) is 92.8 Å². The standard InChI is InChI=1S/C17H25FN2O5S/c1-4-7-10-19-16(21)12-25-17(22)14-11-13(8-9-15(14)18)26(23,24)20(5-2)6-3/h8-9,11H,4-7,10,12H2,1-3H3,(H,19,21). The quantitative estimate of drug-likeness (QED) is 0.488. The molecule has 1 rings (SSSR count). The van der Waals surface area contributed by atoms with E-state index in [-0.39, 0.29) is 18.0 Å². The molecule has 0 heterocycles. The molecule has 7 nitrogen and oxygen atoms in total. The van der Waals surface area contributed by atoms with Gasteiger partial charge in [0.2, 0.25) is 10.0 Å². The Hall–Kier alpha value is -2.00. The summed E-state index contributed by atoms with van der Waals surface area (Å²) in [5.74, 6) is -2.51. The minimum absolute atomic E-state index is 0.207. The summed E-state index contributed by atoms with van der Waals surface area (Å²) >= 11 is 0. The summed E-state index contributed by atoms with van der Waals surface area (Å²) in [6.07, 6.45) is 1.69. The number of carbonyl (C=O) groups excluding carboxylic acids is 2. The van der Waals surface area contributed by atoms with Crippen LogP contribution in [-0.2, 0) is 19.6 Å². The van der Waals surface area contributed by atoms with Crippen LogP contribution in [0.2, 0.25) is 0 Å². The molecule has 0 saturated heterocycles. The van der Waals surface area contributed by atoms with Gasteiger partial charge in [-0.1, -0.05) is 27.2 Å². The van der Waals surface area contributed by atoms with E-state index in [0.29, 0.717) is 6.54 Å². The number of rotatable bonds is 10. The lowest BCUT2D eigenvalue weighted by molar-refractivity contribution is -0.124. The Kier molecular flexibility index (Phi) is 8.67. The molecular formula is C17H25FN2O5S. The average molecular weight is 388 g/mol. The molecule has 0 saturated carbocycles. The third kappa shape index (κ3) is 5.77. The third-order valence-electron chi connectivity index (χ3n) is 3.69. The van der Waals surface area contributed by atoms with Crippen LogP contribution >= 0.6 is 0 Å². The van der Waals surface area contributed by atoms with Crippen molar-refractivity contribution in [2.45, 2.75) is 38.5 Å². The van der Waals surface area contributed by atoms with Crippen LogP contribution in [0.3, 0.4) is 0 Å². The number of esters is 1. The Morgan fingerprint density at radius 3 is 2.42 bits per heavy atom. The number of carbonyl (C=O) groups is 2. The first-order valence-electron chi connectivity index (χ1n) is 8.51. The van der Waals surface area contributed by atoms with Gasteiger partial charge < -0.3 is 10.1 Å². The molecule has 9 heteroatoms. The van der Waals surface area contributed by atoms with E-state index in [9.17, 15) is 22.4 Å². The summed E-state index contributed by atoms with van der Waals surface area (Å²) in [5.41, 5.74) is -0.528. The fourth-order valence-electron chi connectivity index (χ4n) is 2.20. The van der Waals surface area contributed by atoms with Crippen molar-refractivity contribution >= 4 is 21.9 Å². The van der Waals surface area contributed by atoms with E-state index >= 15 is 0 Å². The van der Waals surface area contributed by atoms with Gasteiger partial charge >= 0.3 is 5.97 Å². The number of nitrogens with zero attached hydrogens (tertiary/aromatic N) is 1. The maximum Gasteiger partial charge on any atom is 0.341 e. The van der Waals surface area contributed by atoms with Crippen molar-refractivity contribution in [3.63, 3.8) is 0 Å². The van der Waals surface area contributed by atoms with Gasteiger partial charge in [0.25, 0.3) is 5.91 Å². The Morgan fingerprint density at radius 1 is 1.19 bits per heavy atom. The van der Waals surface area contributed by atoms with E-state index < -0.39 is 39.9 Å². The third-order valence-corrected chi connectivity index (χ3v) is 5.73. The molecule has 1 aromatic rings. The minimum atomic E-state index is -3.84. The first-order chi connectivity index (χ1) is 12.3. The molecule has 1 aromatic carbocycles. The van der Waals surface area contributed by atoms with E-state index in [1.807, 2.05) is 6.92 Å². The lowest BCUT2D eigenvalue weighted by Crippen LogP contribution is -2.31. The Balaban J connectivity index is 2.90. The number of ether oxygens (including phenoxy) is 1. The lowest BCUT2D eigenvalue weighted by atomic mass is 10.2. The highest BCUT2D eigenvalue weighted by molar-refractivity contribution is 7.89. The number of nitrogens with one attached hydrogen (secondary N) is 1. The molecule has 0 aliphatic rings. The van der Waals surface area contributed by atoms with E-state index in [2.05, 4.69) is 5.32 Å². The molecule has 0 aliphatic carbocycles. The van der Waals surface area contributed by atoms with Gasteiger partial charge in [-0.3, -0.25) is 4.79 Å². The van der Waals surface area contributed by atoms with Crippen molar-refractivity contribution in [3.05, 3.63) is 29.6 Å². The van der Waals surface area contributed by atoms with Gasteiger partial charge in [0.05, 0.1) is 10.5 Å². The van der Waals surface area contributed by atoms with E-state index in [1.54, 1.807) is 13.8 Å². The largest absolute Gasteiger partial charge is 0.452 e. The number of hydrogen-bond acceptors (Lipinski definition) is 5. The summed E-state index contributed by atoms with van der Waals surface area (Å²) in [7, 11) is -3.84. The highest BCUT2D eigenvalue weighted by Crippen LogP contribution is 2.19. The van der Waals surface area contributed by atoms with Crippen LogP contribution in [0.1, 0.15) is 44.0 Å². The first-order valence-corrected chi connectivity index (χ1v) is 9.95. The molecule has 0 atom stereocenters. The fraction of sp³-hybridized carbons (Fsp3) is 0.529.